The number of pyridine rings is 1. The standard InChI is InChI=1S/C11H17ClN2O/c1-9(8-15-3)14(2)7-10-4-5-13-11(12)6-10/h4-6,9H,7-8H2,1-3H3. The molecule has 0 aromatic carbocycles. The number of methoxy groups -OCH3 is 1. The Kier molecular flexibility index (Phi) is 5.02. The third-order valence-corrected chi connectivity index (χ3v) is 2.59. The molecule has 4 heteroatoms. The smallest absolute Gasteiger partial charge is 0.129 e. The average molecular weight is 229 g/mol. The highest BCUT2D eigenvalue weighted by atomic mass is 35.5. The number of hydrogen-bond donors (Lipinski definition) is 0. The molecule has 1 aromatic heterocycles. The fourth-order valence-electron chi connectivity index (χ4n) is 1.35. The summed E-state index contributed by atoms with van der Waals surface area (Å²) in [6.07, 6.45) is 1.73. The van der Waals surface area contributed by atoms with Crippen LogP contribution in [0.3, 0.4) is 0 Å². The zero-order chi connectivity index (χ0) is 11.3. The van der Waals surface area contributed by atoms with Crippen LogP contribution in [0.2, 0.25) is 5.15 Å². The predicted octanol–water partition coefficient (Wildman–Crippen LogP) is 2.20. The summed E-state index contributed by atoms with van der Waals surface area (Å²) in [6, 6.07) is 4.25. The molecule has 0 aliphatic heterocycles. The molecule has 1 aromatic rings. The Morgan fingerprint density at radius 2 is 2.33 bits per heavy atom. The third kappa shape index (κ3) is 4.16. The zero-order valence-corrected chi connectivity index (χ0v) is 10.2. The Morgan fingerprint density at radius 1 is 1.60 bits per heavy atom. The van der Waals surface area contributed by atoms with Crippen LogP contribution in [0.15, 0.2) is 18.3 Å². The van der Waals surface area contributed by atoms with Crippen molar-refractivity contribution in [3.8, 4) is 0 Å². The van der Waals surface area contributed by atoms with E-state index in [-0.39, 0.29) is 0 Å². The minimum atomic E-state index is 0.391. The van der Waals surface area contributed by atoms with E-state index in [9.17, 15) is 0 Å². The highest BCUT2D eigenvalue weighted by molar-refractivity contribution is 6.29. The largest absolute Gasteiger partial charge is 0.383 e. The molecule has 0 aliphatic rings. The molecule has 0 N–H and O–H groups in total. The maximum Gasteiger partial charge on any atom is 0.129 e. The van der Waals surface area contributed by atoms with Crippen LogP contribution in [0, 0.1) is 0 Å². The Bertz CT molecular complexity index is 306. The van der Waals surface area contributed by atoms with Gasteiger partial charge in [-0.1, -0.05) is 11.6 Å². The normalized spacial score (nSPS) is 13.1. The SMILES string of the molecule is COCC(C)N(C)Cc1ccnc(Cl)c1. The molecule has 1 atom stereocenters. The molecule has 0 amide bonds. The summed E-state index contributed by atoms with van der Waals surface area (Å²) in [5, 5.41) is 0.542. The van der Waals surface area contributed by atoms with Crippen LogP contribution in [0.1, 0.15) is 12.5 Å². The monoisotopic (exact) mass is 228 g/mol. The van der Waals surface area contributed by atoms with Crippen molar-refractivity contribution < 1.29 is 4.74 Å². The van der Waals surface area contributed by atoms with Crippen LogP contribution >= 0.6 is 11.6 Å². The summed E-state index contributed by atoms with van der Waals surface area (Å²) in [4.78, 5) is 6.17. The van der Waals surface area contributed by atoms with E-state index in [0.717, 1.165) is 13.2 Å². The first kappa shape index (κ1) is 12.4. The first-order chi connectivity index (χ1) is 7.13. The second-order valence-corrected chi connectivity index (χ2v) is 4.09. The summed E-state index contributed by atoms with van der Waals surface area (Å²) in [6.45, 7) is 3.72. The highest BCUT2D eigenvalue weighted by Crippen LogP contribution is 2.10. The summed E-state index contributed by atoms with van der Waals surface area (Å²) < 4.78 is 5.11. The summed E-state index contributed by atoms with van der Waals surface area (Å²) in [7, 11) is 3.78. The number of ether oxygens (including phenoxy) is 1. The van der Waals surface area contributed by atoms with Gasteiger partial charge in [-0.05, 0) is 31.7 Å². The number of rotatable bonds is 5. The van der Waals surface area contributed by atoms with Gasteiger partial charge >= 0.3 is 0 Å². The molecule has 0 fully saturated rings. The maximum atomic E-state index is 5.81. The Labute approximate surface area is 96.0 Å². The van der Waals surface area contributed by atoms with Crippen molar-refractivity contribution >= 4 is 11.6 Å². The number of hydrogen-bond acceptors (Lipinski definition) is 3. The van der Waals surface area contributed by atoms with Crippen molar-refractivity contribution in [3.63, 3.8) is 0 Å². The van der Waals surface area contributed by atoms with E-state index in [0.29, 0.717) is 11.2 Å². The first-order valence-electron chi connectivity index (χ1n) is 4.93. The van der Waals surface area contributed by atoms with Crippen molar-refractivity contribution in [2.24, 2.45) is 0 Å². The fraction of sp³-hybridized carbons (Fsp3) is 0.545. The molecule has 0 saturated carbocycles. The molecule has 1 heterocycles. The minimum Gasteiger partial charge on any atom is -0.383 e. The van der Waals surface area contributed by atoms with Crippen LogP contribution < -0.4 is 0 Å². The van der Waals surface area contributed by atoms with Gasteiger partial charge in [-0.3, -0.25) is 4.90 Å². The van der Waals surface area contributed by atoms with E-state index < -0.39 is 0 Å². The van der Waals surface area contributed by atoms with Gasteiger partial charge in [0.2, 0.25) is 0 Å². The molecule has 1 rings (SSSR count). The molecular weight excluding hydrogens is 212 g/mol. The van der Waals surface area contributed by atoms with Crippen molar-refractivity contribution in [2.45, 2.75) is 19.5 Å². The van der Waals surface area contributed by atoms with E-state index in [1.165, 1.54) is 5.56 Å². The van der Waals surface area contributed by atoms with Gasteiger partial charge in [0.1, 0.15) is 5.15 Å². The van der Waals surface area contributed by atoms with E-state index in [2.05, 4.69) is 23.9 Å². The van der Waals surface area contributed by atoms with E-state index >= 15 is 0 Å². The van der Waals surface area contributed by atoms with Crippen LogP contribution in [-0.4, -0.2) is 36.7 Å². The third-order valence-electron chi connectivity index (χ3n) is 2.38. The van der Waals surface area contributed by atoms with Crippen LogP contribution in [0.5, 0.6) is 0 Å². The number of aromatic nitrogens is 1. The molecule has 15 heavy (non-hydrogen) atoms. The quantitative estimate of drug-likeness (QED) is 0.723. The summed E-state index contributed by atoms with van der Waals surface area (Å²) in [5.74, 6) is 0. The summed E-state index contributed by atoms with van der Waals surface area (Å²) >= 11 is 5.81. The lowest BCUT2D eigenvalue weighted by Gasteiger charge is -2.23. The van der Waals surface area contributed by atoms with Gasteiger partial charge in [0, 0.05) is 25.9 Å². The molecule has 0 radical (unpaired) electrons. The van der Waals surface area contributed by atoms with Gasteiger partial charge < -0.3 is 4.74 Å². The summed E-state index contributed by atoms with van der Waals surface area (Å²) in [5.41, 5.74) is 1.17. The second-order valence-electron chi connectivity index (χ2n) is 3.71. The van der Waals surface area contributed by atoms with Crippen molar-refractivity contribution in [2.75, 3.05) is 20.8 Å². The lowest BCUT2D eigenvalue weighted by Crippen LogP contribution is -2.32. The number of likely N-dealkylation sites (N-methyl/N-ethyl adjacent to an activating group) is 1. The van der Waals surface area contributed by atoms with Crippen LogP contribution in [0.4, 0.5) is 0 Å². The van der Waals surface area contributed by atoms with Crippen LogP contribution in [0.25, 0.3) is 0 Å². The minimum absolute atomic E-state index is 0.391. The molecule has 0 spiro atoms. The van der Waals surface area contributed by atoms with Gasteiger partial charge in [-0.15, -0.1) is 0 Å². The fourth-order valence-corrected chi connectivity index (χ4v) is 1.55. The van der Waals surface area contributed by atoms with Crippen LogP contribution in [-0.2, 0) is 11.3 Å². The lowest BCUT2D eigenvalue weighted by atomic mass is 10.2. The second kappa shape index (κ2) is 6.05. The first-order valence-corrected chi connectivity index (χ1v) is 5.31. The number of halogens is 1. The van der Waals surface area contributed by atoms with E-state index in [1.807, 2.05) is 12.1 Å². The van der Waals surface area contributed by atoms with Gasteiger partial charge in [0.25, 0.3) is 0 Å². The van der Waals surface area contributed by atoms with Gasteiger partial charge in [0.15, 0.2) is 0 Å². The molecule has 1 unspecified atom stereocenters. The molecule has 3 nitrogen and oxygen atoms in total. The van der Waals surface area contributed by atoms with Crippen molar-refractivity contribution in [1.29, 1.82) is 0 Å². The molecule has 0 bridgehead atoms. The Balaban J connectivity index is 2.54. The molecular formula is C11H17ClN2O. The number of nitrogens with zero attached hydrogens (tertiary/aromatic N) is 2. The zero-order valence-electron chi connectivity index (χ0n) is 9.40. The molecule has 84 valence electrons. The van der Waals surface area contributed by atoms with Gasteiger partial charge in [0.05, 0.1) is 6.61 Å². The predicted molar refractivity (Wildman–Crippen MR) is 62.1 cm³/mol. The lowest BCUT2D eigenvalue weighted by molar-refractivity contribution is 0.112. The van der Waals surface area contributed by atoms with Crippen molar-refractivity contribution in [3.05, 3.63) is 29.0 Å². The van der Waals surface area contributed by atoms with E-state index in [1.54, 1.807) is 13.3 Å². The van der Waals surface area contributed by atoms with E-state index in [4.69, 9.17) is 16.3 Å². The topological polar surface area (TPSA) is 25.4 Å². The highest BCUT2D eigenvalue weighted by Gasteiger charge is 2.09. The average Bonchev–Trinajstić information content (AvgIpc) is 2.18. The van der Waals surface area contributed by atoms with Gasteiger partial charge in [-0.25, -0.2) is 4.98 Å². The molecule has 0 saturated heterocycles. The maximum absolute atomic E-state index is 5.81. The van der Waals surface area contributed by atoms with Crippen molar-refractivity contribution in [1.82, 2.24) is 9.88 Å². The Hall–Kier alpha value is -0.640. The molecule has 0 aliphatic carbocycles. The van der Waals surface area contributed by atoms with Gasteiger partial charge in [-0.2, -0.15) is 0 Å². The Morgan fingerprint density at radius 3 is 2.93 bits per heavy atom.